The van der Waals surface area contributed by atoms with Crippen LogP contribution in [0, 0.1) is 16.5 Å². The smallest absolute Gasteiger partial charge is 0.223 e. The summed E-state index contributed by atoms with van der Waals surface area (Å²) in [5.41, 5.74) is 1.48. The van der Waals surface area contributed by atoms with E-state index in [0.717, 1.165) is 18.4 Å². The van der Waals surface area contributed by atoms with E-state index in [1.807, 2.05) is 0 Å². The first-order valence-electron chi connectivity index (χ1n) is 6.41. The van der Waals surface area contributed by atoms with Crippen LogP contribution in [0.15, 0.2) is 16.6 Å². The molecule has 0 unspecified atom stereocenters. The number of benzene rings is 1. The summed E-state index contributed by atoms with van der Waals surface area (Å²) < 4.78 is 16.3. The van der Waals surface area contributed by atoms with Crippen LogP contribution in [0.2, 0.25) is 0 Å². The fourth-order valence-corrected chi connectivity index (χ4v) is 2.80. The first kappa shape index (κ1) is 13.8. The predicted molar refractivity (Wildman–Crippen MR) is 80.5 cm³/mol. The molecule has 7 heteroatoms. The summed E-state index contributed by atoms with van der Waals surface area (Å²) >= 11 is 8.39. The molecule has 2 aromatic rings. The standard InChI is InChI=1S/C13H13BrFN3OS/c14-8-5-10-11(6-9(8)15)18(13(20)17-10)4-3-16-12(19)7-1-2-7/h5-7H,1-4H2,(H,16,19)(H,17,20). The molecule has 1 aromatic heterocycles. The van der Waals surface area contributed by atoms with Gasteiger partial charge in [0.2, 0.25) is 5.91 Å². The average Bonchev–Trinajstić information content (AvgIpc) is 3.19. The normalized spacial score (nSPS) is 14.7. The number of carbonyl (C=O) groups excluding carboxylic acids is 1. The Morgan fingerprint density at radius 3 is 3.00 bits per heavy atom. The van der Waals surface area contributed by atoms with E-state index < -0.39 is 0 Å². The third-order valence-corrected chi connectivity index (χ3v) is 4.33. The quantitative estimate of drug-likeness (QED) is 0.826. The van der Waals surface area contributed by atoms with Crippen LogP contribution in [-0.4, -0.2) is 22.0 Å². The molecule has 106 valence electrons. The molecule has 1 aliphatic carbocycles. The van der Waals surface area contributed by atoms with Gasteiger partial charge in [0.1, 0.15) is 5.82 Å². The van der Waals surface area contributed by atoms with Crippen LogP contribution in [0.4, 0.5) is 4.39 Å². The van der Waals surface area contributed by atoms with Crippen LogP contribution in [0.3, 0.4) is 0 Å². The van der Waals surface area contributed by atoms with Gasteiger partial charge in [0, 0.05) is 25.1 Å². The Hall–Kier alpha value is -1.21. The second-order valence-electron chi connectivity index (χ2n) is 4.93. The molecule has 1 heterocycles. The third-order valence-electron chi connectivity index (χ3n) is 3.40. The summed E-state index contributed by atoms with van der Waals surface area (Å²) in [5.74, 6) is -0.0353. The number of carbonyl (C=O) groups is 1. The van der Waals surface area contributed by atoms with E-state index in [2.05, 4.69) is 26.2 Å². The van der Waals surface area contributed by atoms with Crippen LogP contribution in [0.1, 0.15) is 12.8 Å². The largest absolute Gasteiger partial charge is 0.354 e. The zero-order valence-corrected chi connectivity index (χ0v) is 13.0. The van der Waals surface area contributed by atoms with Gasteiger partial charge in [-0.25, -0.2) is 4.39 Å². The molecule has 3 rings (SSSR count). The number of nitrogens with one attached hydrogen (secondary N) is 2. The molecule has 20 heavy (non-hydrogen) atoms. The van der Waals surface area contributed by atoms with Crippen molar-refractivity contribution in [2.45, 2.75) is 19.4 Å². The minimum atomic E-state index is -0.331. The molecule has 0 radical (unpaired) electrons. The Morgan fingerprint density at radius 2 is 2.30 bits per heavy atom. The highest BCUT2D eigenvalue weighted by molar-refractivity contribution is 9.10. The Balaban J connectivity index is 1.79. The summed E-state index contributed by atoms with van der Waals surface area (Å²) in [4.78, 5) is 14.6. The summed E-state index contributed by atoms with van der Waals surface area (Å²) in [6, 6.07) is 3.11. The maximum atomic E-state index is 13.6. The first-order valence-corrected chi connectivity index (χ1v) is 7.61. The van der Waals surface area contributed by atoms with Gasteiger partial charge in [-0.2, -0.15) is 0 Å². The van der Waals surface area contributed by atoms with E-state index >= 15 is 0 Å². The lowest BCUT2D eigenvalue weighted by Gasteiger charge is -2.06. The van der Waals surface area contributed by atoms with Crippen molar-refractivity contribution in [2.24, 2.45) is 5.92 Å². The molecule has 0 spiro atoms. The van der Waals surface area contributed by atoms with Gasteiger partial charge >= 0.3 is 0 Å². The fraction of sp³-hybridized carbons (Fsp3) is 0.385. The Morgan fingerprint density at radius 1 is 1.55 bits per heavy atom. The Labute approximate surface area is 128 Å². The van der Waals surface area contributed by atoms with E-state index in [9.17, 15) is 9.18 Å². The zero-order chi connectivity index (χ0) is 14.3. The van der Waals surface area contributed by atoms with E-state index in [1.165, 1.54) is 6.07 Å². The fourth-order valence-electron chi connectivity index (χ4n) is 2.15. The highest BCUT2D eigenvalue weighted by Crippen LogP contribution is 2.28. The second kappa shape index (κ2) is 5.29. The number of hydrogen-bond acceptors (Lipinski definition) is 2. The summed E-state index contributed by atoms with van der Waals surface area (Å²) in [5, 5.41) is 2.88. The summed E-state index contributed by atoms with van der Waals surface area (Å²) in [6.45, 7) is 1.02. The van der Waals surface area contributed by atoms with Crippen LogP contribution in [0.5, 0.6) is 0 Å². The van der Waals surface area contributed by atoms with Crippen molar-refractivity contribution < 1.29 is 9.18 Å². The molecule has 1 aliphatic rings. The first-order chi connectivity index (χ1) is 9.56. The van der Waals surface area contributed by atoms with Gasteiger partial charge in [-0.3, -0.25) is 4.79 Å². The van der Waals surface area contributed by atoms with Crippen LogP contribution in [-0.2, 0) is 11.3 Å². The van der Waals surface area contributed by atoms with Crippen molar-refractivity contribution in [3.8, 4) is 0 Å². The monoisotopic (exact) mass is 357 g/mol. The van der Waals surface area contributed by atoms with Gasteiger partial charge in [-0.05, 0) is 47.1 Å². The SMILES string of the molecule is O=C(NCCn1c(=S)[nH]c2cc(Br)c(F)cc21)C1CC1. The van der Waals surface area contributed by atoms with Crippen molar-refractivity contribution in [3.05, 3.63) is 27.2 Å². The number of imidazole rings is 1. The van der Waals surface area contributed by atoms with Crippen LogP contribution >= 0.6 is 28.1 Å². The highest BCUT2D eigenvalue weighted by Gasteiger charge is 2.29. The van der Waals surface area contributed by atoms with Gasteiger partial charge in [-0.1, -0.05) is 0 Å². The van der Waals surface area contributed by atoms with Gasteiger partial charge in [0.25, 0.3) is 0 Å². The molecule has 1 aromatic carbocycles. The Kier molecular flexibility index (Phi) is 3.64. The number of nitrogens with zero attached hydrogens (tertiary/aromatic N) is 1. The number of aromatic nitrogens is 2. The lowest BCUT2D eigenvalue weighted by atomic mass is 10.3. The van der Waals surface area contributed by atoms with Crippen molar-refractivity contribution in [3.63, 3.8) is 0 Å². The maximum Gasteiger partial charge on any atom is 0.223 e. The minimum Gasteiger partial charge on any atom is -0.354 e. The van der Waals surface area contributed by atoms with Gasteiger partial charge in [0.15, 0.2) is 4.77 Å². The topological polar surface area (TPSA) is 49.8 Å². The molecule has 0 aliphatic heterocycles. The number of rotatable bonds is 4. The number of amides is 1. The molecule has 4 nitrogen and oxygen atoms in total. The molecule has 1 saturated carbocycles. The molecule has 0 saturated heterocycles. The second-order valence-corrected chi connectivity index (χ2v) is 6.17. The molecule has 0 atom stereocenters. The third kappa shape index (κ3) is 2.64. The predicted octanol–water partition coefficient (Wildman–Crippen LogP) is 3.13. The van der Waals surface area contributed by atoms with Crippen molar-refractivity contribution >= 4 is 45.1 Å². The lowest BCUT2D eigenvalue weighted by molar-refractivity contribution is -0.122. The lowest BCUT2D eigenvalue weighted by Crippen LogP contribution is -2.28. The number of aromatic amines is 1. The minimum absolute atomic E-state index is 0.102. The van der Waals surface area contributed by atoms with Crippen molar-refractivity contribution in [1.29, 1.82) is 0 Å². The van der Waals surface area contributed by atoms with E-state index in [4.69, 9.17) is 12.2 Å². The van der Waals surface area contributed by atoms with Crippen LogP contribution < -0.4 is 5.32 Å². The van der Waals surface area contributed by atoms with Gasteiger partial charge in [-0.15, -0.1) is 0 Å². The van der Waals surface area contributed by atoms with Gasteiger partial charge < -0.3 is 14.9 Å². The summed E-state index contributed by atoms with van der Waals surface area (Å²) in [6.07, 6.45) is 1.97. The maximum absolute atomic E-state index is 13.6. The highest BCUT2D eigenvalue weighted by atomic mass is 79.9. The van der Waals surface area contributed by atoms with Crippen LogP contribution in [0.25, 0.3) is 11.0 Å². The zero-order valence-electron chi connectivity index (χ0n) is 10.6. The van der Waals surface area contributed by atoms with E-state index in [-0.39, 0.29) is 17.6 Å². The van der Waals surface area contributed by atoms with E-state index in [1.54, 1.807) is 10.6 Å². The van der Waals surface area contributed by atoms with Crippen molar-refractivity contribution in [2.75, 3.05) is 6.54 Å². The van der Waals surface area contributed by atoms with E-state index in [0.29, 0.717) is 27.8 Å². The summed E-state index contributed by atoms with van der Waals surface area (Å²) in [7, 11) is 0. The molecular weight excluding hydrogens is 345 g/mol. The molecule has 1 fully saturated rings. The average molecular weight is 358 g/mol. The molecule has 0 bridgehead atoms. The van der Waals surface area contributed by atoms with Gasteiger partial charge in [0.05, 0.1) is 15.5 Å². The molecule has 1 amide bonds. The number of fused-ring (bicyclic) bond motifs is 1. The number of H-pyrrole nitrogens is 1. The molecular formula is C13H13BrFN3OS. The number of hydrogen-bond donors (Lipinski definition) is 2. The number of halogens is 2. The molecule has 2 N–H and O–H groups in total. The Bertz CT molecular complexity index is 735. The van der Waals surface area contributed by atoms with Crippen molar-refractivity contribution in [1.82, 2.24) is 14.9 Å².